The fraction of sp³-hybridized carbons (Fsp3) is 0.417. The molecule has 1 aliphatic heterocycles. The number of rotatable bonds is 2. The highest BCUT2D eigenvalue weighted by molar-refractivity contribution is 7.99. The lowest BCUT2D eigenvalue weighted by atomic mass is 10.2. The lowest BCUT2D eigenvalue weighted by Gasteiger charge is -2.23. The maximum absolute atomic E-state index is 13.9. The Hall–Kier alpha value is -1.43. The van der Waals surface area contributed by atoms with Gasteiger partial charge in [0.05, 0.1) is 5.69 Å². The van der Waals surface area contributed by atoms with Crippen LogP contribution in [0.15, 0.2) is 18.2 Å². The van der Waals surface area contributed by atoms with E-state index in [2.05, 4.69) is 5.32 Å². The Balaban J connectivity index is 2.15. The number of amides is 1. The molecule has 0 aromatic heterocycles. The van der Waals surface area contributed by atoms with Crippen LogP contribution in [0.25, 0.3) is 0 Å². The quantitative estimate of drug-likeness (QED) is 0.867. The van der Waals surface area contributed by atoms with E-state index in [0.29, 0.717) is 5.69 Å². The van der Waals surface area contributed by atoms with E-state index in [1.165, 1.54) is 6.07 Å². The van der Waals surface area contributed by atoms with E-state index >= 15 is 0 Å². The average molecular weight is 270 g/mol. The van der Waals surface area contributed by atoms with Gasteiger partial charge in [-0.1, -0.05) is 0 Å². The molecular weight excluding hydrogens is 255 g/mol. The molecule has 2 N–H and O–H groups in total. The largest absolute Gasteiger partial charge is 0.465 e. The molecule has 0 unspecified atom stereocenters. The highest BCUT2D eigenvalue weighted by Crippen LogP contribution is 2.25. The Bertz CT molecular complexity index is 434. The van der Waals surface area contributed by atoms with Crippen LogP contribution < -0.4 is 10.2 Å². The summed E-state index contributed by atoms with van der Waals surface area (Å²) in [6.45, 7) is 1.67. The zero-order chi connectivity index (χ0) is 13.0. The number of nitrogens with zero attached hydrogens (tertiary/aromatic N) is 1. The molecule has 0 radical (unpaired) electrons. The van der Waals surface area contributed by atoms with Crippen LogP contribution in [0.1, 0.15) is 6.42 Å². The van der Waals surface area contributed by atoms with Gasteiger partial charge in [-0.05, 0) is 30.4 Å². The van der Waals surface area contributed by atoms with Crippen LogP contribution in [0.5, 0.6) is 0 Å². The van der Waals surface area contributed by atoms with Gasteiger partial charge in [-0.15, -0.1) is 0 Å². The van der Waals surface area contributed by atoms with Crippen LogP contribution in [-0.4, -0.2) is 35.8 Å². The van der Waals surface area contributed by atoms with Crippen molar-refractivity contribution in [1.82, 2.24) is 0 Å². The van der Waals surface area contributed by atoms with Crippen molar-refractivity contribution in [3.8, 4) is 0 Å². The maximum atomic E-state index is 13.9. The minimum atomic E-state index is -1.19. The van der Waals surface area contributed by atoms with Crippen LogP contribution in [0.4, 0.5) is 20.6 Å². The second-order valence-electron chi connectivity index (χ2n) is 4.05. The number of hydrogen-bond donors (Lipinski definition) is 2. The van der Waals surface area contributed by atoms with Gasteiger partial charge in [-0.2, -0.15) is 11.8 Å². The third-order valence-corrected chi connectivity index (χ3v) is 3.81. The summed E-state index contributed by atoms with van der Waals surface area (Å²) in [6, 6.07) is 4.45. The van der Waals surface area contributed by atoms with Crippen molar-refractivity contribution in [3.05, 3.63) is 24.0 Å². The first-order chi connectivity index (χ1) is 8.66. The van der Waals surface area contributed by atoms with Gasteiger partial charge in [0.15, 0.2) is 0 Å². The Morgan fingerprint density at radius 3 is 2.94 bits per heavy atom. The summed E-state index contributed by atoms with van der Waals surface area (Å²) in [5, 5.41) is 10.7. The molecule has 6 heteroatoms. The van der Waals surface area contributed by atoms with Gasteiger partial charge in [0.25, 0.3) is 0 Å². The molecule has 1 amide bonds. The fourth-order valence-corrected chi connectivity index (χ4v) is 2.84. The summed E-state index contributed by atoms with van der Waals surface area (Å²) >= 11 is 1.88. The maximum Gasteiger partial charge on any atom is 0.409 e. The molecule has 0 spiro atoms. The van der Waals surface area contributed by atoms with Crippen LogP contribution in [0, 0.1) is 5.82 Å². The number of halogens is 1. The fourth-order valence-electron chi connectivity index (χ4n) is 1.95. The van der Waals surface area contributed by atoms with Crippen molar-refractivity contribution >= 4 is 29.2 Å². The van der Waals surface area contributed by atoms with E-state index < -0.39 is 6.09 Å². The van der Waals surface area contributed by atoms with Crippen molar-refractivity contribution < 1.29 is 14.3 Å². The Kier molecular flexibility index (Phi) is 4.30. The molecule has 98 valence electrons. The molecule has 1 aromatic carbocycles. The molecule has 0 aliphatic carbocycles. The highest BCUT2D eigenvalue weighted by Gasteiger charge is 2.14. The Morgan fingerprint density at radius 2 is 2.22 bits per heavy atom. The van der Waals surface area contributed by atoms with Gasteiger partial charge >= 0.3 is 6.09 Å². The van der Waals surface area contributed by atoms with Crippen molar-refractivity contribution in [1.29, 1.82) is 0 Å². The Morgan fingerprint density at radius 1 is 1.39 bits per heavy atom. The first kappa shape index (κ1) is 13.0. The van der Waals surface area contributed by atoms with Gasteiger partial charge in [0.2, 0.25) is 0 Å². The first-order valence-corrected chi connectivity index (χ1v) is 6.94. The summed E-state index contributed by atoms with van der Waals surface area (Å²) < 4.78 is 13.9. The number of hydrogen-bond acceptors (Lipinski definition) is 3. The molecular formula is C12H15FN2O2S. The van der Waals surface area contributed by atoms with E-state index in [-0.39, 0.29) is 11.5 Å². The molecule has 0 atom stereocenters. The minimum Gasteiger partial charge on any atom is -0.465 e. The number of nitrogens with one attached hydrogen (secondary N) is 1. The van der Waals surface area contributed by atoms with Crippen LogP contribution in [0.3, 0.4) is 0 Å². The molecule has 4 nitrogen and oxygen atoms in total. The molecule has 0 saturated carbocycles. The molecule has 1 aromatic rings. The normalized spacial score (nSPS) is 16.2. The van der Waals surface area contributed by atoms with Crippen molar-refractivity contribution in [2.45, 2.75) is 6.42 Å². The number of carbonyl (C=O) groups is 1. The summed E-state index contributed by atoms with van der Waals surface area (Å²) in [6.07, 6.45) is -0.146. The van der Waals surface area contributed by atoms with E-state index in [1.54, 1.807) is 12.1 Å². The van der Waals surface area contributed by atoms with E-state index in [1.807, 2.05) is 16.7 Å². The molecule has 1 fully saturated rings. The predicted molar refractivity (Wildman–Crippen MR) is 72.2 cm³/mol. The molecule has 1 heterocycles. The molecule has 1 saturated heterocycles. The van der Waals surface area contributed by atoms with Crippen molar-refractivity contribution in [3.63, 3.8) is 0 Å². The second-order valence-corrected chi connectivity index (χ2v) is 5.27. The third kappa shape index (κ3) is 3.29. The van der Waals surface area contributed by atoms with Gasteiger partial charge in [-0.25, -0.2) is 9.18 Å². The summed E-state index contributed by atoms with van der Waals surface area (Å²) in [5.41, 5.74) is 0.807. The molecule has 0 bridgehead atoms. The number of benzene rings is 1. The van der Waals surface area contributed by atoms with E-state index in [0.717, 1.165) is 31.0 Å². The lowest BCUT2D eigenvalue weighted by molar-refractivity contribution is 0.209. The van der Waals surface area contributed by atoms with E-state index in [4.69, 9.17) is 5.11 Å². The van der Waals surface area contributed by atoms with Gasteiger partial charge in [-0.3, -0.25) is 5.32 Å². The highest BCUT2D eigenvalue weighted by atomic mass is 32.2. The third-order valence-electron chi connectivity index (χ3n) is 2.76. The van der Waals surface area contributed by atoms with Crippen LogP contribution in [0.2, 0.25) is 0 Å². The average Bonchev–Trinajstić information content (AvgIpc) is 2.57. The van der Waals surface area contributed by atoms with Crippen molar-refractivity contribution in [2.24, 2.45) is 0 Å². The lowest BCUT2D eigenvalue weighted by Crippen LogP contribution is -2.26. The molecule has 18 heavy (non-hydrogen) atoms. The number of anilines is 2. The standard InChI is InChI=1S/C12H15FN2O2S/c13-10-8-9(14-12(16)17)2-3-11(10)15-4-1-6-18-7-5-15/h2-3,8,14H,1,4-7H2,(H,16,17). The summed E-state index contributed by atoms with van der Waals surface area (Å²) in [7, 11) is 0. The SMILES string of the molecule is O=C(O)Nc1ccc(N2CCCSCC2)c(F)c1. The predicted octanol–water partition coefficient (Wildman–Crippen LogP) is 2.86. The van der Waals surface area contributed by atoms with Crippen LogP contribution in [-0.2, 0) is 0 Å². The zero-order valence-corrected chi connectivity index (χ0v) is 10.7. The van der Waals surface area contributed by atoms with Crippen LogP contribution >= 0.6 is 11.8 Å². The van der Waals surface area contributed by atoms with Gasteiger partial charge in [0, 0.05) is 24.5 Å². The first-order valence-electron chi connectivity index (χ1n) is 5.79. The second kappa shape index (κ2) is 5.95. The topological polar surface area (TPSA) is 52.6 Å². The van der Waals surface area contributed by atoms with Gasteiger partial charge < -0.3 is 10.0 Å². The monoisotopic (exact) mass is 270 g/mol. The minimum absolute atomic E-state index is 0.257. The number of thioether (sulfide) groups is 1. The molecule has 1 aliphatic rings. The van der Waals surface area contributed by atoms with Gasteiger partial charge in [0.1, 0.15) is 5.82 Å². The zero-order valence-electron chi connectivity index (χ0n) is 9.86. The van der Waals surface area contributed by atoms with E-state index in [9.17, 15) is 9.18 Å². The summed E-state index contributed by atoms with van der Waals surface area (Å²) in [4.78, 5) is 12.5. The molecule has 2 rings (SSSR count). The smallest absolute Gasteiger partial charge is 0.409 e. The van der Waals surface area contributed by atoms with Crippen molar-refractivity contribution in [2.75, 3.05) is 34.8 Å². The number of carboxylic acid groups (broad SMARTS) is 1. The summed E-state index contributed by atoms with van der Waals surface area (Å²) in [5.74, 6) is 1.72. The Labute approximate surface area is 109 Å².